The third kappa shape index (κ3) is 4.21. The minimum absolute atomic E-state index is 0.0226. The third-order valence-corrected chi connectivity index (χ3v) is 5.07. The Hall–Kier alpha value is -3.02. The molecule has 7 heteroatoms. The van der Waals surface area contributed by atoms with Crippen LogP contribution < -0.4 is 15.0 Å². The Morgan fingerprint density at radius 1 is 1.03 bits per heavy atom. The second-order valence-electron chi connectivity index (χ2n) is 6.51. The van der Waals surface area contributed by atoms with Crippen molar-refractivity contribution in [2.24, 2.45) is 0 Å². The molecule has 4 rings (SSSR count). The number of nitrogens with one attached hydrogen (secondary N) is 1. The SMILES string of the molecule is O=C(COc1ccc(Cl)cc1Cl)Nc1ccc(N2Cc3ccccc3C2=O)cc1. The van der Waals surface area contributed by atoms with Crippen molar-refractivity contribution in [3.8, 4) is 5.75 Å². The Bertz CT molecular complexity index is 1080. The lowest BCUT2D eigenvalue weighted by atomic mass is 10.1. The number of anilines is 2. The van der Waals surface area contributed by atoms with Crippen molar-refractivity contribution < 1.29 is 14.3 Å². The summed E-state index contributed by atoms with van der Waals surface area (Å²) in [6.45, 7) is 0.347. The van der Waals surface area contributed by atoms with Gasteiger partial charge in [0.05, 0.1) is 11.6 Å². The van der Waals surface area contributed by atoms with E-state index in [-0.39, 0.29) is 18.4 Å². The van der Waals surface area contributed by atoms with Crippen molar-refractivity contribution in [3.05, 3.63) is 87.9 Å². The lowest BCUT2D eigenvalue weighted by Crippen LogP contribution is -2.23. The van der Waals surface area contributed by atoms with Crippen LogP contribution in [0.25, 0.3) is 0 Å². The Balaban J connectivity index is 1.36. The molecule has 29 heavy (non-hydrogen) atoms. The summed E-state index contributed by atoms with van der Waals surface area (Å²) in [4.78, 5) is 26.4. The summed E-state index contributed by atoms with van der Waals surface area (Å²) in [5.41, 5.74) is 3.11. The van der Waals surface area contributed by atoms with Gasteiger partial charge >= 0.3 is 0 Å². The highest BCUT2D eigenvalue weighted by atomic mass is 35.5. The quantitative estimate of drug-likeness (QED) is 0.611. The molecule has 2 amide bonds. The maximum absolute atomic E-state index is 12.5. The summed E-state index contributed by atoms with van der Waals surface area (Å²) in [5.74, 6) is 0.0349. The van der Waals surface area contributed by atoms with Crippen LogP contribution in [-0.4, -0.2) is 18.4 Å². The first kappa shape index (κ1) is 19.3. The van der Waals surface area contributed by atoms with E-state index in [1.165, 1.54) is 0 Å². The fraction of sp³-hybridized carbons (Fsp3) is 0.0909. The maximum atomic E-state index is 12.5. The average molecular weight is 427 g/mol. The van der Waals surface area contributed by atoms with Gasteiger partial charge < -0.3 is 15.0 Å². The van der Waals surface area contributed by atoms with Gasteiger partial charge in [-0.15, -0.1) is 0 Å². The summed E-state index contributed by atoms with van der Waals surface area (Å²) < 4.78 is 5.43. The number of rotatable bonds is 5. The van der Waals surface area contributed by atoms with E-state index in [1.54, 1.807) is 47.4 Å². The molecular formula is C22H16Cl2N2O3. The molecule has 0 aliphatic carbocycles. The van der Waals surface area contributed by atoms with Crippen LogP contribution in [-0.2, 0) is 11.3 Å². The normalized spacial score (nSPS) is 12.6. The van der Waals surface area contributed by atoms with E-state index in [9.17, 15) is 9.59 Å². The second kappa shape index (κ2) is 8.15. The molecule has 0 radical (unpaired) electrons. The van der Waals surface area contributed by atoms with Crippen LogP contribution in [0, 0.1) is 0 Å². The van der Waals surface area contributed by atoms with Crippen LogP contribution in [0.2, 0.25) is 10.0 Å². The topological polar surface area (TPSA) is 58.6 Å². The van der Waals surface area contributed by atoms with Crippen LogP contribution in [0.1, 0.15) is 15.9 Å². The van der Waals surface area contributed by atoms with E-state index in [1.807, 2.05) is 24.3 Å². The average Bonchev–Trinajstić information content (AvgIpc) is 3.05. The summed E-state index contributed by atoms with van der Waals surface area (Å²) >= 11 is 11.9. The fourth-order valence-corrected chi connectivity index (χ4v) is 3.58. The number of carbonyl (C=O) groups excluding carboxylic acids is 2. The number of carbonyl (C=O) groups is 2. The smallest absolute Gasteiger partial charge is 0.262 e. The molecule has 0 saturated carbocycles. The molecular weight excluding hydrogens is 411 g/mol. The van der Waals surface area contributed by atoms with Crippen LogP contribution in [0.15, 0.2) is 66.7 Å². The number of ether oxygens (including phenoxy) is 1. The summed E-state index contributed by atoms with van der Waals surface area (Å²) in [7, 11) is 0. The molecule has 1 N–H and O–H groups in total. The summed E-state index contributed by atoms with van der Waals surface area (Å²) in [6, 6.07) is 19.5. The van der Waals surface area contributed by atoms with Crippen molar-refractivity contribution in [1.82, 2.24) is 0 Å². The zero-order valence-corrected chi connectivity index (χ0v) is 16.7. The van der Waals surface area contributed by atoms with Gasteiger partial charge in [-0.25, -0.2) is 0 Å². The molecule has 146 valence electrons. The van der Waals surface area contributed by atoms with E-state index in [2.05, 4.69) is 5.32 Å². The molecule has 0 aromatic heterocycles. The largest absolute Gasteiger partial charge is 0.482 e. The van der Waals surface area contributed by atoms with E-state index < -0.39 is 0 Å². The highest BCUT2D eigenvalue weighted by Gasteiger charge is 2.27. The van der Waals surface area contributed by atoms with Crippen molar-refractivity contribution in [1.29, 1.82) is 0 Å². The van der Waals surface area contributed by atoms with Crippen LogP contribution in [0.3, 0.4) is 0 Å². The molecule has 0 saturated heterocycles. The zero-order valence-electron chi connectivity index (χ0n) is 15.2. The van der Waals surface area contributed by atoms with Crippen molar-refractivity contribution >= 4 is 46.4 Å². The fourth-order valence-electron chi connectivity index (χ4n) is 3.12. The predicted molar refractivity (Wildman–Crippen MR) is 114 cm³/mol. The molecule has 1 aliphatic heterocycles. The summed E-state index contributed by atoms with van der Waals surface area (Å²) in [5, 5.41) is 3.58. The Labute approximate surface area is 177 Å². The van der Waals surface area contributed by atoms with Gasteiger partial charge in [-0.3, -0.25) is 9.59 Å². The van der Waals surface area contributed by atoms with Crippen LogP contribution in [0.5, 0.6) is 5.75 Å². The number of hydrogen-bond acceptors (Lipinski definition) is 3. The standard InChI is InChI=1S/C22H16Cl2N2O3/c23-15-5-10-20(19(24)11-15)29-13-21(27)25-16-6-8-17(9-7-16)26-12-14-3-1-2-4-18(14)22(26)28/h1-11H,12-13H2,(H,25,27). The van der Waals surface area contributed by atoms with Crippen molar-refractivity contribution in [2.45, 2.75) is 6.54 Å². The van der Waals surface area contributed by atoms with Gasteiger partial charge in [0.15, 0.2) is 6.61 Å². The predicted octanol–water partition coefficient (Wildman–Crippen LogP) is 5.17. The Morgan fingerprint density at radius 2 is 1.79 bits per heavy atom. The molecule has 0 spiro atoms. The molecule has 5 nitrogen and oxygen atoms in total. The second-order valence-corrected chi connectivity index (χ2v) is 7.35. The highest BCUT2D eigenvalue weighted by molar-refractivity contribution is 6.35. The van der Waals surface area contributed by atoms with E-state index >= 15 is 0 Å². The molecule has 1 aliphatic rings. The molecule has 3 aromatic carbocycles. The number of fused-ring (bicyclic) bond motifs is 1. The molecule has 0 atom stereocenters. The lowest BCUT2D eigenvalue weighted by Gasteiger charge is -2.16. The Kier molecular flexibility index (Phi) is 5.43. The lowest BCUT2D eigenvalue weighted by molar-refractivity contribution is -0.118. The van der Waals surface area contributed by atoms with Crippen LogP contribution >= 0.6 is 23.2 Å². The van der Waals surface area contributed by atoms with E-state index in [0.29, 0.717) is 28.0 Å². The zero-order chi connectivity index (χ0) is 20.4. The van der Waals surface area contributed by atoms with Gasteiger partial charge in [-0.05, 0) is 54.1 Å². The number of halogens is 2. The van der Waals surface area contributed by atoms with Gasteiger partial charge in [0.2, 0.25) is 0 Å². The van der Waals surface area contributed by atoms with Crippen molar-refractivity contribution in [2.75, 3.05) is 16.8 Å². The number of nitrogens with zero attached hydrogens (tertiary/aromatic N) is 1. The minimum Gasteiger partial charge on any atom is -0.482 e. The molecule has 0 fully saturated rings. The first-order valence-corrected chi connectivity index (χ1v) is 9.64. The van der Waals surface area contributed by atoms with Gasteiger partial charge in [-0.1, -0.05) is 41.4 Å². The van der Waals surface area contributed by atoms with Gasteiger partial charge in [0.1, 0.15) is 5.75 Å². The summed E-state index contributed by atoms with van der Waals surface area (Å²) in [6.07, 6.45) is 0. The van der Waals surface area contributed by atoms with E-state index in [0.717, 1.165) is 16.8 Å². The maximum Gasteiger partial charge on any atom is 0.262 e. The van der Waals surface area contributed by atoms with Crippen LogP contribution in [0.4, 0.5) is 11.4 Å². The van der Waals surface area contributed by atoms with Gasteiger partial charge in [0, 0.05) is 22.0 Å². The highest BCUT2D eigenvalue weighted by Crippen LogP contribution is 2.29. The monoisotopic (exact) mass is 426 g/mol. The molecule has 0 unspecified atom stereocenters. The Morgan fingerprint density at radius 3 is 2.52 bits per heavy atom. The molecule has 0 bridgehead atoms. The molecule has 3 aromatic rings. The number of amides is 2. The molecule has 1 heterocycles. The first-order valence-electron chi connectivity index (χ1n) is 8.89. The van der Waals surface area contributed by atoms with Gasteiger partial charge in [0.25, 0.3) is 11.8 Å². The number of hydrogen-bond donors (Lipinski definition) is 1. The third-order valence-electron chi connectivity index (χ3n) is 4.54. The van der Waals surface area contributed by atoms with E-state index in [4.69, 9.17) is 27.9 Å². The van der Waals surface area contributed by atoms with Crippen molar-refractivity contribution in [3.63, 3.8) is 0 Å². The van der Waals surface area contributed by atoms with Gasteiger partial charge in [-0.2, -0.15) is 0 Å². The number of benzene rings is 3. The first-order chi connectivity index (χ1) is 14.0. The minimum atomic E-state index is -0.326.